The number of para-hydroxylation sites is 1. The van der Waals surface area contributed by atoms with Gasteiger partial charge in [-0.2, -0.15) is 0 Å². The molecule has 38 heavy (non-hydrogen) atoms. The van der Waals surface area contributed by atoms with Crippen LogP contribution >= 0.6 is 0 Å². The van der Waals surface area contributed by atoms with E-state index in [0.717, 1.165) is 16.3 Å². The van der Waals surface area contributed by atoms with E-state index in [1.165, 1.54) is 17.0 Å². The van der Waals surface area contributed by atoms with Gasteiger partial charge in [-0.15, -0.1) is 0 Å². The summed E-state index contributed by atoms with van der Waals surface area (Å²) < 4.78 is 33.8. The number of nitrogens with zero attached hydrogens (tertiary/aromatic N) is 2. The molecule has 0 heterocycles. The molecule has 202 valence electrons. The summed E-state index contributed by atoms with van der Waals surface area (Å²) in [6, 6.07) is 23.0. The van der Waals surface area contributed by atoms with Gasteiger partial charge in [-0.05, 0) is 54.8 Å². The first kappa shape index (κ1) is 28.7. The molecule has 0 aliphatic rings. The van der Waals surface area contributed by atoms with E-state index in [0.29, 0.717) is 24.4 Å². The molecule has 0 spiro atoms. The van der Waals surface area contributed by atoms with Crippen LogP contribution < -0.4 is 14.4 Å². The Hall–Kier alpha value is -3.85. The summed E-state index contributed by atoms with van der Waals surface area (Å²) in [5.74, 6) is -0.145. The van der Waals surface area contributed by atoms with Gasteiger partial charge in [0, 0.05) is 13.1 Å². The lowest BCUT2D eigenvalue weighted by molar-refractivity contribution is -0.140. The predicted octanol–water partition coefficient (Wildman–Crippen LogP) is 4.22. The van der Waals surface area contributed by atoms with Crippen LogP contribution in [0, 0.1) is 0 Å². The molecule has 0 radical (unpaired) electrons. The normalized spacial score (nSPS) is 11.9. The quantitative estimate of drug-likeness (QED) is 0.352. The minimum atomic E-state index is -4.07. The Kier molecular flexibility index (Phi) is 10.3. The Labute approximate surface area is 225 Å². The molecular formula is C29H35N3O5S. The predicted molar refractivity (Wildman–Crippen MR) is 148 cm³/mol. The SMILES string of the molecule is CCCNC(=O)C(CC)N(Cc1cccc(OC)c1)C(=O)CN(c1ccccc1)S(=O)(=O)c1ccccc1. The largest absolute Gasteiger partial charge is 0.497 e. The number of methoxy groups -OCH3 is 1. The van der Waals surface area contributed by atoms with Crippen LogP contribution in [0.1, 0.15) is 32.3 Å². The fourth-order valence-electron chi connectivity index (χ4n) is 4.10. The number of rotatable bonds is 13. The molecule has 1 atom stereocenters. The van der Waals surface area contributed by atoms with E-state index >= 15 is 0 Å². The Morgan fingerprint density at radius 1 is 0.921 bits per heavy atom. The van der Waals surface area contributed by atoms with Gasteiger partial charge in [0.05, 0.1) is 17.7 Å². The van der Waals surface area contributed by atoms with Gasteiger partial charge in [0.25, 0.3) is 10.0 Å². The number of anilines is 1. The van der Waals surface area contributed by atoms with E-state index in [1.54, 1.807) is 67.8 Å². The lowest BCUT2D eigenvalue weighted by atomic mass is 10.1. The number of sulfonamides is 1. The molecule has 2 amide bonds. The molecule has 9 heteroatoms. The first-order valence-electron chi connectivity index (χ1n) is 12.6. The summed E-state index contributed by atoms with van der Waals surface area (Å²) in [5.41, 5.74) is 1.12. The standard InChI is InChI=1S/C29H35N3O5S/c1-4-19-30-29(34)27(5-2)31(21-23-13-12-16-25(20-23)37-3)28(33)22-32(24-14-8-6-9-15-24)38(35,36)26-17-10-7-11-18-26/h6-18,20,27H,4-5,19,21-22H2,1-3H3,(H,30,34). The van der Waals surface area contributed by atoms with Crippen molar-refractivity contribution in [1.29, 1.82) is 0 Å². The number of hydrogen-bond donors (Lipinski definition) is 1. The Morgan fingerprint density at radius 3 is 2.18 bits per heavy atom. The third-order valence-electron chi connectivity index (χ3n) is 6.08. The second-order valence-electron chi connectivity index (χ2n) is 8.75. The van der Waals surface area contributed by atoms with Crippen LogP contribution in [-0.4, -0.2) is 51.4 Å². The number of hydrogen-bond acceptors (Lipinski definition) is 5. The first-order valence-corrected chi connectivity index (χ1v) is 14.1. The minimum Gasteiger partial charge on any atom is -0.497 e. The number of carbonyl (C=O) groups excluding carboxylic acids is 2. The van der Waals surface area contributed by atoms with Crippen molar-refractivity contribution in [3.63, 3.8) is 0 Å². The summed E-state index contributed by atoms with van der Waals surface area (Å²) in [6.07, 6.45) is 1.12. The molecule has 3 aromatic carbocycles. The van der Waals surface area contributed by atoms with Crippen molar-refractivity contribution in [2.45, 2.75) is 44.2 Å². The van der Waals surface area contributed by atoms with Crippen molar-refractivity contribution >= 4 is 27.5 Å². The van der Waals surface area contributed by atoms with Crippen LogP contribution in [0.15, 0.2) is 89.8 Å². The van der Waals surface area contributed by atoms with E-state index in [9.17, 15) is 18.0 Å². The molecule has 0 bridgehead atoms. The maximum absolute atomic E-state index is 14.0. The van der Waals surface area contributed by atoms with Crippen molar-refractivity contribution in [2.75, 3.05) is 24.5 Å². The lowest BCUT2D eigenvalue weighted by Crippen LogP contribution is -2.52. The van der Waals surface area contributed by atoms with Gasteiger partial charge in [-0.3, -0.25) is 13.9 Å². The molecule has 0 aromatic heterocycles. The maximum Gasteiger partial charge on any atom is 0.264 e. The van der Waals surface area contributed by atoms with Gasteiger partial charge in [0.2, 0.25) is 11.8 Å². The highest BCUT2D eigenvalue weighted by molar-refractivity contribution is 7.92. The zero-order chi connectivity index (χ0) is 27.5. The highest BCUT2D eigenvalue weighted by Gasteiger charge is 2.33. The third kappa shape index (κ3) is 7.13. The second kappa shape index (κ2) is 13.6. The molecule has 3 aromatic rings. The number of benzene rings is 3. The third-order valence-corrected chi connectivity index (χ3v) is 7.86. The van der Waals surface area contributed by atoms with E-state index in [4.69, 9.17) is 4.74 Å². The van der Waals surface area contributed by atoms with Gasteiger partial charge < -0.3 is 15.0 Å². The maximum atomic E-state index is 14.0. The smallest absolute Gasteiger partial charge is 0.264 e. The van der Waals surface area contributed by atoms with Crippen molar-refractivity contribution in [3.05, 3.63) is 90.5 Å². The lowest BCUT2D eigenvalue weighted by Gasteiger charge is -2.33. The Bertz CT molecular complexity index is 1300. The molecule has 1 N–H and O–H groups in total. The average Bonchev–Trinajstić information content (AvgIpc) is 2.95. The van der Waals surface area contributed by atoms with Crippen molar-refractivity contribution in [3.8, 4) is 5.75 Å². The average molecular weight is 538 g/mol. The molecule has 0 saturated carbocycles. The summed E-state index contributed by atoms with van der Waals surface area (Å²) in [7, 11) is -2.51. The van der Waals surface area contributed by atoms with Gasteiger partial charge in [0.15, 0.2) is 0 Å². The van der Waals surface area contributed by atoms with Gasteiger partial charge in [-0.25, -0.2) is 8.42 Å². The molecule has 0 fully saturated rings. The van der Waals surface area contributed by atoms with Crippen LogP contribution in [0.3, 0.4) is 0 Å². The number of nitrogens with one attached hydrogen (secondary N) is 1. The monoisotopic (exact) mass is 537 g/mol. The van der Waals surface area contributed by atoms with Crippen LogP contribution in [0.4, 0.5) is 5.69 Å². The fourth-order valence-corrected chi connectivity index (χ4v) is 5.53. The summed E-state index contributed by atoms with van der Waals surface area (Å²) in [5, 5.41) is 2.88. The van der Waals surface area contributed by atoms with Crippen LogP contribution in [-0.2, 0) is 26.2 Å². The molecule has 0 aliphatic carbocycles. The second-order valence-corrected chi connectivity index (χ2v) is 10.6. The van der Waals surface area contributed by atoms with E-state index < -0.39 is 28.5 Å². The van der Waals surface area contributed by atoms with Gasteiger partial charge in [-0.1, -0.05) is 62.4 Å². The first-order chi connectivity index (χ1) is 18.3. The summed E-state index contributed by atoms with van der Waals surface area (Å²) >= 11 is 0. The molecular weight excluding hydrogens is 502 g/mol. The highest BCUT2D eigenvalue weighted by Crippen LogP contribution is 2.25. The van der Waals surface area contributed by atoms with Gasteiger partial charge in [0.1, 0.15) is 18.3 Å². The van der Waals surface area contributed by atoms with E-state index in [1.807, 2.05) is 26.0 Å². The van der Waals surface area contributed by atoms with Crippen LogP contribution in [0.2, 0.25) is 0 Å². The zero-order valence-corrected chi connectivity index (χ0v) is 22.9. The van der Waals surface area contributed by atoms with Crippen LogP contribution in [0.25, 0.3) is 0 Å². The molecule has 8 nitrogen and oxygen atoms in total. The highest BCUT2D eigenvalue weighted by atomic mass is 32.2. The number of ether oxygens (including phenoxy) is 1. The summed E-state index contributed by atoms with van der Waals surface area (Å²) in [6.45, 7) is 3.91. The molecule has 1 unspecified atom stereocenters. The van der Waals surface area contributed by atoms with Crippen LogP contribution in [0.5, 0.6) is 5.75 Å². The number of amides is 2. The number of carbonyl (C=O) groups is 2. The van der Waals surface area contributed by atoms with E-state index in [-0.39, 0.29) is 17.3 Å². The van der Waals surface area contributed by atoms with Crippen molar-refractivity contribution in [2.24, 2.45) is 0 Å². The zero-order valence-electron chi connectivity index (χ0n) is 22.0. The molecule has 3 rings (SSSR count). The minimum absolute atomic E-state index is 0.0729. The topological polar surface area (TPSA) is 96.0 Å². The van der Waals surface area contributed by atoms with Crippen molar-refractivity contribution < 1.29 is 22.7 Å². The molecule has 0 aliphatic heterocycles. The molecule has 0 saturated heterocycles. The van der Waals surface area contributed by atoms with Gasteiger partial charge >= 0.3 is 0 Å². The van der Waals surface area contributed by atoms with Crippen molar-refractivity contribution in [1.82, 2.24) is 10.2 Å². The fraction of sp³-hybridized carbons (Fsp3) is 0.310. The Morgan fingerprint density at radius 2 is 1.58 bits per heavy atom. The van der Waals surface area contributed by atoms with E-state index in [2.05, 4.69) is 5.32 Å². The summed E-state index contributed by atoms with van der Waals surface area (Å²) in [4.78, 5) is 28.6. The Balaban J connectivity index is 2.02.